The highest BCUT2D eigenvalue weighted by Crippen LogP contribution is 2.34. The van der Waals surface area contributed by atoms with E-state index in [1.807, 2.05) is 21.1 Å². The van der Waals surface area contributed by atoms with E-state index in [1.54, 1.807) is 0 Å². The quantitative estimate of drug-likeness (QED) is 0.0908. The SMILES string of the molecule is CCCCCCCCCCCCCCCCOC(O)CCC(C[N+](C)(C)C)OP(=O)([O-])O. The zero-order valence-electron chi connectivity index (χ0n) is 21.3. The normalized spacial score (nSPS) is 16.1. The van der Waals surface area contributed by atoms with Crippen molar-refractivity contribution < 1.29 is 33.2 Å². The number of aliphatic hydroxyl groups is 1. The van der Waals surface area contributed by atoms with Crippen LogP contribution in [-0.4, -0.2) is 61.2 Å². The van der Waals surface area contributed by atoms with Gasteiger partial charge in [0, 0.05) is 13.0 Å². The number of quaternary nitrogens is 1. The number of ether oxygens (including phenoxy) is 1. The lowest BCUT2D eigenvalue weighted by atomic mass is 10.0. The largest absolute Gasteiger partial charge is 0.756 e. The zero-order valence-corrected chi connectivity index (χ0v) is 22.2. The molecule has 7 nitrogen and oxygen atoms in total. The summed E-state index contributed by atoms with van der Waals surface area (Å²) in [6, 6.07) is 0. The monoisotopic (exact) mass is 481 g/mol. The molecule has 0 aromatic heterocycles. The highest BCUT2D eigenvalue weighted by atomic mass is 31.2. The first-order valence-electron chi connectivity index (χ1n) is 12.9. The Labute approximate surface area is 197 Å². The minimum absolute atomic E-state index is 0.267. The molecule has 0 heterocycles. The second-order valence-electron chi connectivity index (χ2n) is 10.2. The van der Waals surface area contributed by atoms with Crippen molar-refractivity contribution in [1.29, 1.82) is 0 Å². The van der Waals surface area contributed by atoms with E-state index in [4.69, 9.17) is 14.2 Å². The van der Waals surface area contributed by atoms with Crippen LogP contribution in [0, 0.1) is 0 Å². The van der Waals surface area contributed by atoms with Crippen molar-refractivity contribution >= 4 is 7.82 Å². The maximum atomic E-state index is 11.1. The lowest BCUT2D eigenvalue weighted by molar-refractivity contribution is -0.873. The molecule has 0 aliphatic rings. The minimum atomic E-state index is -4.80. The van der Waals surface area contributed by atoms with Crippen LogP contribution in [0.15, 0.2) is 0 Å². The average Bonchev–Trinajstić information content (AvgIpc) is 2.66. The Morgan fingerprint density at radius 2 is 1.25 bits per heavy atom. The van der Waals surface area contributed by atoms with E-state index in [1.165, 1.54) is 77.0 Å². The molecule has 8 heteroatoms. The molecule has 0 amide bonds. The van der Waals surface area contributed by atoms with Gasteiger partial charge in [0.25, 0.3) is 7.82 Å². The van der Waals surface area contributed by atoms with E-state index >= 15 is 0 Å². The number of aliphatic hydroxyl groups excluding tert-OH is 1. The maximum Gasteiger partial charge on any atom is 0.265 e. The predicted molar refractivity (Wildman–Crippen MR) is 129 cm³/mol. The van der Waals surface area contributed by atoms with Gasteiger partial charge in [-0.15, -0.1) is 0 Å². The van der Waals surface area contributed by atoms with E-state index in [9.17, 15) is 14.6 Å². The van der Waals surface area contributed by atoms with Crippen LogP contribution in [0.25, 0.3) is 0 Å². The van der Waals surface area contributed by atoms with Gasteiger partial charge < -0.3 is 28.6 Å². The first-order valence-corrected chi connectivity index (χ1v) is 14.4. The summed E-state index contributed by atoms with van der Waals surface area (Å²) in [6.45, 7) is 3.16. The highest BCUT2D eigenvalue weighted by molar-refractivity contribution is 7.44. The lowest BCUT2D eigenvalue weighted by Gasteiger charge is -2.31. The number of unbranched alkanes of at least 4 members (excludes halogenated alkanes) is 13. The molecular weight excluding hydrogens is 429 g/mol. The van der Waals surface area contributed by atoms with Gasteiger partial charge in [-0.25, -0.2) is 0 Å². The summed E-state index contributed by atoms with van der Waals surface area (Å²) < 4.78 is 21.8. The fourth-order valence-corrected chi connectivity index (χ4v) is 4.45. The van der Waals surface area contributed by atoms with Crippen molar-refractivity contribution in [3.05, 3.63) is 0 Å². The number of phosphoric acid groups is 1. The highest BCUT2D eigenvalue weighted by Gasteiger charge is 2.23. The molecule has 194 valence electrons. The molecule has 0 aromatic carbocycles. The molecule has 32 heavy (non-hydrogen) atoms. The second kappa shape index (κ2) is 19.3. The molecule has 0 saturated heterocycles. The first-order chi connectivity index (χ1) is 15.0. The second-order valence-corrected chi connectivity index (χ2v) is 11.3. The maximum absolute atomic E-state index is 11.1. The average molecular weight is 482 g/mol. The number of rotatable bonds is 23. The van der Waals surface area contributed by atoms with Gasteiger partial charge in [-0.2, -0.15) is 0 Å². The van der Waals surface area contributed by atoms with E-state index in [0.29, 0.717) is 24.1 Å². The standard InChI is InChI=1S/C24H52NO6P/c1-5-6-7-8-9-10-11-12-13-14-15-16-17-18-21-30-24(26)20-19-23(22-25(2,3)4)31-32(27,28)29/h23-24,26H,5-22H2,1-4H3,(H-,27,28,29). The van der Waals surface area contributed by atoms with Crippen LogP contribution in [0.4, 0.5) is 0 Å². The van der Waals surface area contributed by atoms with Crippen molar-refractivity contribution in [3.63, 3.8) is 0 Å². The Kier molecular flexibility index (Phi) is 19.3. The van der Waals surface area contributed by atoms with E-state index < -0.39 is 20.2 Å². The van der Waals surface area contributed by atoms with Gasteiger partial charge in [0.1, 0.15) is 12.6 Å². The molecule has 3 unspecified atom stereocenters. The Morgan fingerprint density at radius 3 is 1.66 bits per heavy atom. The molecular formula is C24H52NO6P. The summed E-state index contributed by atoms with van der Waals surface area (Å²) in [7, 11) is 0.922. The molecule has 0 spiro atoms. The Morgan fingerprint density at radius 1 is 0.812 bits per heavy atom. The topological polar surface area (TPSA) is 99.0 Å². The van der Waals surface area contributed by atoms with Gasteiger partial charge >= 0.3 is 0 Å². The van der Waals surface area contributed by atoms with Gasteiger partial charge in [0.15, 0.2) is 6.29 Å². The number of likely N-dealkylation sites (N-methyl/N-ethyl adjacent to an activating group) is 1. The summed E-state index contributed by atoms with van der Waals surface area (Å²) in [5.74, 6) is 0. The summed E-state index contributed by atoms with van der Waals surface area (Å²) >= 11 is 0. The van der Waals surface area contributed by atoms with Gasteiger partial charge in [-0.1, -0.05) is 90.4 Å². The molecule has 0 aliphatic carbocycles. The van der Waals surface area contributed by atoms with Crippen molar-refractivity contribution in [3.8, 4) is 0 Å². The Hall–Kier alpha value is -0.0100. The summed E-state index contributed by atoms with van der Waals surface area (Å²) in [5, 5.41) is 10.0. The molecule has 0 radical (unpaired) electrons. The van der Waals surface area contributed by atoms with Crippen LogP contribution in [0.1, 0.15) is 110 Å². The molecule has 0 aromatic rings. The van der Waals surface area contributed by atoms with Crippen LogP contribution in [0.3, 0.4) is 0 Å². The third-order valence-corrected chi connectivity index (χ3v) is 6.14. The minimum Gasteiger partial charge on any atom is -0.756 e. The van der Waals surface area contributed by atoms with Crippen LogP contribution in [0.5, 0.6) is 0 Å². The molecule has 3 atom stereocenters. The van der Waals surface area contributed by atoms with Crippen LogP contribution < -0.4 is 4.89 Å². The molecule has 0 rings (SSSR count). The van der Waals surface area contributed by atoms with E-state index in [-0.39, 0.29) is 6.42 Å². The molecule has 0 fully saturated rings. The first kappa shape index (κ1) is 32.0. The van der Waals surface area contributed by atoms with E-state index in [2.05, 4.69) is 6.92 Å². The number of nitrogens with zero attached hydrogens (tertiary/aromatic N) is 1. The number of hydrogen-bond donors (Lipinski definition) is 2. The number of hydrogen-bond acceptors (Lipinski definition) is 5. The molecule has 0 bridgehead atoms. The lowest BCUT2D eigenvalue weighted by Crippen LogP contribution is -2.42. The third-order valence-electron chi connectivity index (χ3n) is 5.58. The number of phosphoric ester groups is 1. The van der Waals surface area contributed by atoms with Crippen molar-refractivity contribution in [2.75, 3.05) is 34.3 Å². The summed E-state index contributed by atoms with van der Waals surface area (Å²) in [6.07, 6.45) is 17.1. The van der Waals surface area contributed by atoms with Gasteiger partial charge in [-0.3, -0.25) is 4.57 Å². The van der Waals surface area contributed by atoms with E-state index in [0.717, 1.165) is 12.8 Å². The van der Waals surface area contributed by atoms with Crippen LogP contribution >= 0.6 is 7.82 Å². The van der Waals surface area contributed by atoms with Crippen molar-refractivity contribution in [1.82, 2.24) is 0 Å². The molecule has 2 N–H and O–H groups in total. The van der Waals surface area contributed by atoms with Gasteiger partial charge in [0.2, 0.25) is 0 Å². The third kappa shape index (κ3) is 24.6. The molecule has 0 aliphatic heterocycles. The smallest absolute Gasteiger partial charge is 0.265 e. The fraction of sp³-hybridized carbons (Fsp3) is 1.00. The van der Waals surface area contributed by atoms with Gasteiger partial charge in [-0.05, 0) is 12.8 Å². The van der Waals surface area contributed by atoms with Gasteiger partial charge in [0.05, 0.1) is 21.1 Å². The van der Waals surface area contributed by atoms with Crippen LogP contribution in [0.2, 0.25) is 0 Å². The Balaban J connectivity index is 3.62. The summed E-state index contributed by atoms with van der Waals surface area (Å²) in [5.41, 5.74) is 0. The van der Waals surface area contributed by atoms with Crippen molar-refractivity contribution in [2.24, 2.45) is 0 Å². The fourth-order valence-electron chi connectivity index (χ4n) is 3.90. The van der Waals surface area contributed by atoms with Crippen molar-refractivity contribution in [2.45, 2.75) is 122 Å². The molecule has 0 saturated carbocycles. The zero-order chi connectivity index (χ0) is 24.3. The van der Waals surface area contributed by atoms with Crippen LogP contribution in [-0.2, 0) is 13.8 Å². The summed E-state index contributed by atoms with van der Waals surface area (Å²) in [4.78, 5) is 20.0. The Bertz CT molecular complexity index is 466. The predicted octanol–water partition coefficient (Wildman–Crippen LogP) is 5.14.